The topological polar surface area (TPSA) is 42.8 Å². The zero-order valence-electron chi connectivity index (χ0n) is 16.6. The normalized spacial score (nSPS) is 11.5. The highest BCUT2D eigenvalue weighted by Crippen LogP contribution is 2.30. The molecule has 3 rings (SSSR count). The molecule has 3 aromatic carbocycles. The molecule has 8 heteroatoms. The predicted molar refractivity (Wildman–Crippen MR) is 119 cm³/mol. The Labute approximate surface area is 186 Å². The minimum atomic E-state index is -4.36. The summed E-state index contributed by atoms with van der Waals surface area (Å²) in [4.78, 5) is 0. The summed E-state index contributed by atoms with van der Waals surface area (Å²) in [6.07, 6.45) is -2.81. The van der Waals surface area contributed by atoms with Crippen molar-refractivity contribution in [1.29, 1.82) is 0 Å². The molecule has 0 atom stereocenters. The number of alkyl halides is 3. The first-order valence-electron chi connectivity index (χ1n) is 9.45. The van der Waals surface area contributed by atoms with Gasteiger partial charge in [0.25, 0.3) is 0 Å². The minimum absolute atomic E-state index is 0.399. The van der Waals surface area contributed by atoms with Crippen molar-refractivity contribution < 1.29 is 22.6 Å². The van der Waals surface area contributed by atoms with E-state index in [0.29, 0.717) is 30.4 Å². The average Bonchev–Trinajstić information content (AvgIpc) is 2.74. The van der Waals surface area contributed by atoms with Gasteiger partial charge in [-0.15, -0.1) is 0 Å². The van der Waals surface area contributed by atoms with E-state index in [2.05, 4.69) is 26.5 Å². The molecule has 31 heavy (non-hydrogen) atoms. The molecule has 0 bridgehead atoms. The van der Waals surface area contributed by atoms with Crippen molar-refractivity contribution in [2.24, 2.45) is 5.10 Å². The number of halogens is 4. The van der Waals surface area contributed by atoms with Gasteiger partial charge in [0, 0.05) is 4.47 Å². The van der Waals surface area contributed by atoms with Crippen LogP contribution in [-0.2, 0) is 12.8 Å². The maximum absolute atomic E-state index is 12.6. The summed E-state index contributed by atoms with van der Waals surface area (Å²) >= 11 is 3.40. The van der Waals surface area contributed by atoms with Crippen LogP contribution in [0.15, 0.2) is 76.3 Å². The Morgan fingerprint density at radius 2 is 1.65 bits per heavy atom. The van der Waals surface area contributed by atoms with Crippen LogP contribution in [0.3, 0.4) is 0 Å². The second-order valence-electron chi connectivity index (χ2n) is 6.50. The molecule has 0 unspecified atom stereocenters. The fraction of sp³-hybridized carbons (Fsp3) is 0.174. The van der Waals surface area contributed by atoms with E-state index in [-0.39, 0.29) is 0 Å². The van der Waals surface area contributed by atoms with Crippen LogP contribution in [0.2, 0.25) is 0 Å². The van der Waals surface area contributed by atoms with Gasteiger partial charge in [-0.2, -0.15) is 18.3 Å². The summed E-state index contributed by atoms with van der Waals surface area (Å²) in [6, 6.07) is 17.9. The van der Waals surface area contributed by atoms with Gasteiger partial charge >= 0.3 is 6.18 Å². The molecular weight excluding hydrogens is 473 g/mol. The van der Waals surface area contributed by atoms with Crippen LogP contribution in [0.1, 0.15) is 23.6 Å². The molecule has 0 saturated heterocycles. The maximum atomic E-state index is 12.6. The van der Waals surface area contributed by atoms with Crippen molar-refractivity contribution in [3.8, 4) is 11.5 Å². The molecule has 4 nitrogen and oxygen atoms in total. The van der Waals surface area contributed by atoms with Gasteiger partial charge in [-0.25, -0.2) is 0 Å². The third-order valence-corrected chi connectivity index (χ3v) is 4.72. The second kappa shape index (κ2) is 10.3. The second-order valence-corrected chi connectivity index (χ2v) is 7.42. The maximum Gasteiger partial charge on any atom is 0.416 e. The highest BCUT2D eigenvalue weighted by Gasteiger charge is 2.29. The lowest BCUT2D eigenvalue weighted by atomic mass is 10.2. The summed E-state index contributed by atoms with van der Waals surface area (Å²) in [5, 5.41) is 4.08. The van der Waals surface area contributed by atoms with E-state index < -0.39 is 11.7 Å². The molecular formula is C23H20BrF3N2O2. The summed E-state index contributed by atoms with van der Waals surface area (Å²) in [5.41, 5.74) is 4.23. The third kappa shape index (κ3) is 6.75. The monoisotopic (exact) mass is 492 g/mol. The van der Waals surface area contributed by atoms with E-state index in [0.717, 1.165) is 27.7 Å². The van der Waals surface area contributed by atoms with Crippen molar-refractivity contribution in [2.45, 2.75) is 19.7 Å². The van der Waals surface area contributed by atoms with Gasteiger partial charge in [0.1, 0.15) is 6.61 Å². The summed E-state index contributed by atoms with van der Waals surface area (Å²) in [7, 11) is 0. The lowest BCUT2D eigenvalue weighted by molar-refractivity contribution is -0.137. The van der Waals surface area contributed by atoms with Crippen molar-refractivity contribution in [3.05, 3.63) is 87.9 Å². The van der Waals surface area contributed by atoms with Crippen LogP contribution >= 0.6 is 15.9 Å². The smallest absolute Gasteiger partial charge is 0.416 e. The van der Waals surface area contributed by atoms with E-state index in [9.17, 15) is 13.2 Å². The van der Waals surface area contributed by atoms with Crippen molar-refractivity contribution in [3.63, 3.8) is 0 Å². The first-order chi connectivity index (χ1) is 14.8. The van der Waals surface area contributed by atoms with Crippen molar-refractivity contribution >= 4 is 27.8 Å². The van der Waals surface area contributed by atoms with Gasteiger partial charge in [-0.1, -0.05) is 28.1 Å². The summed E-state index contributed by atoms with van der Waals surface area (Å²) < 4.78 is 50.4. The molecule has 0 aliphatic carbocycles. The fourth-order valence-electron chi connectivity index (χ4n) is 2.65. The molecule has 0 aromatic heterocycles. The molecule has 0 spiro atoms. The minimum Gasteiger partial charge on any atom is -0.490 e. The Kier molecular flexibility index (Phi) is 7.57. The van der Waals surface area contributed by atoms with Crippen molar-refractivity contribution in [2.75, 3.05) is 12.0 Å². The van der Waals surface area contributed by atoms with Crippen LogP contribution in [0.4, 0.5) is 18.9 Å². The molecule has 0 amide bonds. The SMILES string of the molecule is CCOc1cc(C=NNc2ccc(C(F)(F)F)cc2)ccc1OCc1ccc(Br)cc1. The zero-order valence-corrected chi connectivity index (χ0v) is 18.2. The van der Waals surface area contributed by atoms with E-state index >= 15 is 0 Å². The number of ether oxygens (including phenoxy) is 2. The quantitative estimate of drug-likeness (QED) is 0.275. The number of nitrogens with zero attached hydrogens (tertiary/aromatic N) is 1. The zero-order chi connectivity index (χ0) is 22.3. The number of nitrogens with one attached hydrogen (secondary N) is 1. The molecule has 0 radical (unpaired) electrons. The molecule has 0 aliphatic heterocycles. The van der Waals surface area contributed by atoms with Crippen LogP contribution < -0.4 is 14.9 Å². The van der Waals surface area contributed by atoms with E-state index in [1.165, 1.54) is 12.1 Å². The molecule has 0 heterocycles. The number of anilines is 1. The molecule has 3 aromatic rings. The standard InChI is InChI=1S/C23H20BrF3N2O2/c1-2-30-22-13-17(5-12-21(22)31-15-16-3-8-19(24)9-4-16)14-28-29-20-10-6-18(7-11-20)23(25,26)27/h3-14,29H,2,15H2,1H3. The lowest BCUT2D eigenvalue weighted by Gasteiger charge is -2.13. The summed E-state index contributed by atoms with van der Waals surface area (Å²) in [6.45, 7) is 2.75. The van der Waals surface area contributed by atoms with Crippen LogP contribution in [0.5, 0.6) is 11.5 Å². The van der Waals surface area contributed by atoms with Gasteiger partial charge in [-0.3, -0.25) is 5.43 Å². The molecule has 162 valence electrons. The van der Waals surface area contributed by atoms with Gasteiger partial charge in [0.05, 0.1) is 24.1 Å². The first-order valence-corrected chi connectivity index (χ1v) is 10.2. The highest BCUT2D eigenvalue weighted by molar-refractivity contribution is 9.10. The Bertz CT molecular complexity index is 1020. The fourth-order valence-corrected chi connectivity index (χ4v) is 2.91. The number of hydrogen-bond acceptors (Lipinski definition) is 4. The van der Waals surface area contributed by atoms with Gasteiger partial charge in [0.2, 0.25) is 0 Å². The first kappa shape index (κ1) is 22.7. The van der Waals surface area contributed by atoms with Crippen LogP contribution in [-0.4, -0.2) is 12.8 Å². The molecule has 0 fully saturated rings. The van der Waals surface area contributed by atoms with Crippen molar-refractivity contribution in [1.82, 2.24) is 0 Å². The van der Waals surface area contributed by atoms with Gasteiger partial charge < -0.3 is 9.47 Å². The average molecular weight is 493 g/mol. The Balaban J connectivity index is 1.64. The lowest BCUT2D eigenvalue weighted by Crippen LogP contribution is -2.04. The van der Waals surface area contributed by atoms with Gasteiger partial charge in [0.15, 0.2) is 11.5 Å². The van der Waals surface area contributed by atoms with Gasteiger partial charge in [-0.05, 0) is 72.6 Å². The number of hydrogen-bond donors (Lipinski definition) is 1. The van der Waals surface area contributed by atoms with Crippen LogP contribution in [0, 0.1) is 0 Å². The van der Waals surface area contributed by atoms with Crippen LogP contribution in [0.25, 0.3) is 0 Å². The van der Waals surface area contributed by atoms with E-state index in [4.69, 9.17) is 9.47 Å². The number of benzene rings is 3. The third-order valence-electron chi connectivity index (χ3n) is 4.19. The Morgan fingerprint density at radius 1 is 0.935 bits per heavy atom. The highest BCUT2D eigenvalue weighted by atomic mass is 79.9. The largest absolute Gasteiger partial charge is 0.490 e. The van der Waals surface area contributed by atoms with E-state index in [1.807, 2.05) is 37.3 Å². The Hall–Kier alpha value is -3.00. The molecule has 0 aliphatic rings. The number of rotatable bonds is 8. The number of hydrazone groups is 1. The molecule has 1 N–H and O–H groups in total. The summed E-state index contributed by atoms with van der Waals surface area (Å²) in [5.74, 6) is 1.19. The Morgan fingerprint density at radius 3 is 2.29 bits per heavy atom. The molecule has 0 saturated carbocycles. The predicted octanol–water partition coefficient (Wildman–Crippen LogP) is 6.89. The van der Waals surface area contributed by atoms with E-state index in [1.54, 1.807) is 18.3 Å².